The molecule has 1 atom stereocenters. The van der Waals surface area contributed by atoms with Crippen LogP contribution in [0, 0.1) is 5.82 Å². The van der Waals surface area contributed by atoms with Gasteiger partial charge in [0.1, 0.15) is 11.6 Å². The summed E-state index contributed by atoms with van der Waals surface area (Å²) in [6.45, 7) is 6.74. The van der Waals surface area contributed by atoms with Crippen molar-refractivity contribution in [1.82, 2.24) is 9.80 Å². The van der Waals surface area contributed by atoms with Gasteiger partial charge in [-0.3, -0.25) is 14.5 Å². The van der Waals surface area contributed by atoms with Gasteiger partial charge in [-0.1, -0.05) is 18.2 Å². The molecule has 2 amide bonds. The van der Waals surface area contributed by atoms with E-state index in [0.717, 1.165) is 5.69 Å². The van der Waals surface area contributed by atoms with E-state index in [4.69, 9.17) is 4.74 Å². The Kier molecular flexibility index (Phi) is 7.41. The number of hydrogen-bond donors (Lipinski definition) is 0. The predicted molar refractivity (Wildman–Crippen MR) is 114 cm³/mol. The van der Waals surface area contributed by atoms with E-state index in [1.165, 1.54) is 24.3 Å². The standard InChI is InChI=1S/C23H28FN3O3/c1-3-27(20-7-5-4-6-8-20)23(29)18(2)25-13-15-26(16-14-25)22(28)17-30-21-11-9-19(24)10-12-21/h4-12,18H,3,13-17H2,1-2H3. The predicted octanol–water partition coefficient (Wildman–Crippen LogP) is 2.79. The third-order valence-electron chi connectivity index (χ3n) is 5.40. The summed E-state index contributed by atoms with van der Waals surface area (Å²) in [5.41, 5.74) is 0.892. The number of hydrogen-bond acceptors (Lipinski definition) is 4. The number of amides is 2. The smallest absolute Gasteiger partial charge is 0.260 e. The van der Waals surface area contributed by atoms with Gasteiger partial charge in [-0.05, 0) is 50.2 Å². The van der Waals surface area contributed by atoms with Crippen molar-refractivity contribution in [3.05, 3.63) is 60.4 Å². The maximum absolute atomic E-state index is 13.0. The Balaban J connectivity index is 1.49. The molecule has 6 nitrogen and oxygen atoms in total. The quantitative estimate of drug-likeness (QED) is 0.701. The van der Waals surface area contributed by atoms with Crippen LogP contribution in [0.25, 0.3) is 0 Å². The highest BCUT2D eigenvalue weighted by Gasteiger charge is 2.30. The summed E-state index contributed by atoms with van der Waals surface area (Å²) in [6.07, 6.45) is 0. The van der Waals surface area contributed by atoms with Crippen LogP contribution in [0.4, 0.5) is 10.1 Å². The molecule has 1 aliphatic rings. The van der Waals surface area contributed by atoms with Crippen LogP contribution >= 0.6 is 0 Å². The second kappa shape index (κ2) is 10.2. The number of nitrogens with zero attached hydrogens (tertiary/aromatic N) is 3. The summed E-state index contributed by atoms with van der Waals surface area (Å²) in [4.78, 5) is 31.1. The molecule has 1 aliphatic heterocycles. The SMILES string of the molecule is CCN(C(=O)C(C)N1CCN(C(=O)COc2ccc(F)cc2)CC1)c1ccccc1. The number of carbonyl (C=O) groups excluding carboxylic acids is 2. The molecule has 0 aromatic heterocycles. The number of anilines is 1. The van der Waals surface area contributed by atoms with Crippen LogP contribution in [0.1, 0.15) is 13.8 Å². The van der Waals surface area contributed by atoms with E-state index in [1.807, 2.05) is 44.2 Å². The number of benzene rings is 2. The van der Waals surface area contributed by atoms with E-state index >= 15 is 0 Å². The minimum atomic E-state index is -0.345. The molecule has 7 heteroatoms. The molecular weight excluding hydrogens is 385 g/mol. The van der Waals surface area contributed by atoms with Crippen LogP contribution < -0.4 is 9.64 Å². The molecule has 0 spiro atoms. The van der Waals surface area contributed by atoms with E-state index in [0.29, 0.717) is 38.5 Å². The molecule has 1 saturated heterocycles. The van der Waals surface area contributed by atoms with Gasteiger partial charge >= 0.3 is 0 Å². The summed E-state index contributed by atoms with van der Waals surface area (Å²) < 4.78 is 18.4. The summed E-state index contributed by atoms with van der Waals surface area (Å²) in [7, 11) is 0. The molecule has 1 unspecified atom stereocenters. The van der Waals surface area contributed by atoms with E-state index in [-0.39, 0.29) is 30.3 Å². The Labute approximate surface area is 176 Å². The molecule has 0 N–H and O–H groups in total. The second-order valence-corrected chi connectivity index (χ2v) is 7.25. The first-order valence-electron chi connectivity index (χ1n) is 10.3. The van der Waals surface area contributed by atoms with Gasteiger partial charge in [0.15, 0.2) is 6.61 Å². The maximum atomic E-state index is 13.0. The van der Waals surface area contributed by atoms with Gasteiger partial charge in [0.25, 0.3) is 5.91 Å². The average Bonchev–Trinajstić information content (AvgIpc) is 2.79. The summed E-state index contributed by atoms with van der Waals surface area (Å²) in [6, 6.07) is 15.0. The number of carbonyl (C=O) groups is 2. The Morgan fingerprint density at radius 2 is 1.67 bits per heavy atom. The zero-order chi connectivity index (χ0) is 21.5. The van der Waals surface area contributed by atoms with Crippen LogP contribution in [0.15, 0.2) is 54.6 Å². The van der Waals surface area contributed by atoms with Crippen molar-refractivity contribution in [3.8, 4) is 5.75 Å². The minimum absolute atomic E-state index is 0.0584. The van der Waals surface area contributed by atoms with Gasteiger partial charge in [0.05, 0.1) is 6.04 Å². The monoisotopic (exact) mass is 413 g/mol. The average molecular weight is 413 g/mol. The van der Waals surface area contributed by atoms with Crippen molar-refractivity contribution in [3.63, 3.8) is 0 Å². The lowest BCUT2D eigenvalue weighted by Crippen LogP contribution is -2.56. The molecule has 0 bridgehead atoms. The fourth-order valence-electron chi connectivity index (χ4n) is 3.58. The molecule has 30 heavy (non-hydrogen) atoms. The largest absolute Gasteiger partial charge is 0.484 e. The molecule has 0 radical (unpaired) electrons. The van der Waals surface area contributed by atoms with Crippen molar-refractivity contribution < 1.29 is 18.7 Å². The van der Waals surface area contributed by atoms with Crippen molar-refractivity contribution in [2.45, 2.75) is 19.9 Å². The number of rotatable bonds is 7. The number of ether oxygens (including phenoxy) is 1. The molecule has 1 fully saturated rings. The van der Waals surface area contributed by atoms with Crippen molar-refractivity contribution in [2.24, 2.45) is 0 Å². The minimum Gasteiger partial charge on any atom is -0.484 e. The Hall–Kier alpha value is -2.93. The first kappa shape index (κ1) is 21.8. The van der Waals surface area contributed by atoms with Gasteiger partial charge in [-0.15, -0.1) is 0 Å². The topological polar surface area (TPSA) is 53.1 Å². The number of halogens is 1. The van der Waals surface area contributed by atoms with Crippen molar-refractivity contribution in [2.75, 3.05) is 44.2 Å². The lowest BCUT2D eigenvalue weighted by molar-refractivity contribution is -0.136. The van der Waals surface area contributed by atoms with Gasteiger partial charge < -0.3 is 14.5 Å². The van der Waals surface area contributed by atoms with E-state index in [2.05, 4.69) is 4.90 Å². The van der Waals surface area contributed by atoms with Crippen LogP contribution in [0.3, 0.4) is 0 Å². The third-order valence-corrected chi connectivity index (χ3v) is 5.40. The maximum Gasteiger partial charge on any atom is 0.260 e. The Bertz CT molecular complexity index is 837. The van der Waals surface area contributed by atoms with E-state index < -0.39 is 0 Å². The van der Waals surface area contributed by atoms with Gasteiger partial charge in [-0.25, -0.2) is 4.39 Å². The van der Waals surface area contributed by atoms with Crippen LogP contribution in [0.5, 0.6) is 5.75 Å². The lowest BCUT2D eigenvalue weighted by Gasteiger charge is -2.38. The van der Waals surface area contributed by atoms with Crippen LogP contribution in [-0.4, -0.2) is 67.0 Å². The molecule has 2 aromatic carbocycles. The van der Waals surface area contributed by atoms with Crippen LogP contribution in [-0.2, 0) is 9.59 Å². The summed E-state index contributed by atoms with van der Waals surface area (Å²) >= 11 is 0. The highest BCUT2D eigenvalue weighted by Crippen LogP contribution is 2.17. The summed E-state index contributed by atoms with van der Waals surface area (Å²) in [5.74, 6) is 0.0612. The molecule has 0 saturated carbocycles. The molecule has 3 rings (SSSR count). The van der Waals surface area contributed by atoms with Gasteiger partial charge in [0, 0.05) is 38.4 Å². The Morgan fingerprint density at radius 1 is 1.03 bits per heavy atom. The first-order valence-corrected chi connectivity index (χ1v) is 10.3. The van der Waals surface area contributed by atoms with Gasteiger partial charge in [0.2, 0.25) is 5.91 Å². The number of piperazine rings is 1. The summed E-state index contributed by atoms with van der Waals surface area (Å²) in [5, 5.41) is 0. The number of para-hydroxylation sites is 1. The Morgan fingerprint density at radius 3 is 2.27 bits per heavy atom. The molecular formula is C23H28FN3O3. The highest BCUT2D eigenvalue weighted by atomic mass is 19.1. The van der Waals surface area contributed by atoms with E-state index in [9.17, 15) is 14.0 Å². The molecule has 1 heterocycles. The zero-order valence-electron chi connectivity index (χ0n) is 17.5. The highest BCUT2D eigenvalue weighted by molar-refractivity contribution is 5.96. The molecule has 0 aliphatic carbocycles. The molecule has 160 valence electrons. The van der Waals surface area contributed by atoms with Crippen LogP contribution in [0.2, 0.25) is 0 Å². The lowest BCUT2D eigenvalue weighted by atomic mass is 10.1. The number of likely N-dealkylation sites (N-methyl/N-ethyl adjacent to an activating group) is 1. The molecule has 2 aromatic rings. The second-order valence-electron chi connectivity index (χ2n) is 7.25. The van der Waals surface area contributed by atoms with E-state index in [1.54, 1.807) is 9.80 Å². The third kappa shape index (κ3) is 5.36. The fourth-order valence-corrected chi connectivity index (χ4v) is 3.58. The van der Waals surface area contributed by atoms with Crippen molar-refractivity contribution in [1.29, 1.82) is 0 Å². The zero-order valence-corrected chi connectivity index (χ0v) is 17.5. The first-order chi connectivity index (χ1) is 14.5. The normalized spacial score (nSPS) is 15.5. The van der Waals surface area contributed by atoms with Gasteiger partial charge in [-0.2, -0.15) is 0 Å². The fraction of sp³-hybridized carbons (Fsp3) is 0.391. The van der Waals surface area contributed by atoms with Crippen molar-refractivity contribution >= 4 is 17.5 Å².